The molecule has 1 rings (SSSR count). The Hall–Kier alpha value is -1.63. The van der Waals surface area contributed by atoms with Crippen LogP contribution in [0.3, 0.4) is 0 Å². The number of nitro benzene ring substituents is 1. The molecule has 6 nitrogen and oxygen atoms in total. The third-order valence-electron chi connectivity index (χ3n) is 2.79. The van der Waals surface area contributed by atoms with Crippen LogP contribution in [0.5, 0.6) is 0 Å². The Bertz CT molecular complexity index is 507. The summed E-state index contributed by atoms with van der Waals surface area (Å²) in [7, 11) is 0. The average Bonchev–Trinajstić information content (AvgIpc) is 2.31. The molecule has 0 bridgehead atoms. The Labute approximate surface area is 119 Å². The van der Waals surface area contributed by atoms with Gasteiger partial charge in [-0.05, 0) is 25.5 Å². The molecule has 1 unspecified atom stereocenters. The van der Waals surface area contributed by atoms with Crippen molar-refractivity contribution in [2.45, 2.75) is 32.2 Å². The molecule has 2 N–H and O–H groups in total. The zero-order valence-electron chi connectivity index (χ0n) is 10.6. The summed E-state index contributed by atoms with van der Waals surface area (Å²) >= 11 is 3.16. The summed E-state index contributed by atoms with van der Waals surface area (Å²) in [6.45, 7) is 3.38. The highest BCUT2D eigenvalue weighted by Gasteiger charge is 2.33. The zero-order valence-corrected chi connectivity index (χ0v) is 12.2. The molecule has 0 aliphatic heterocycles. The highest BCUT2D eigenvalue weighted by molar-refractivity contribution is 9.10. The lowest BCUT2D eigenvalue weighted by molar-refractivity contribution is -0.384. The fourth-order valence-corrected chi connectivity index (χ4v) is 2.13. The van der Waals surface area contributed by atoms with E-state index in [4.69, 9.17) is 0 Å². The Morgan fingerprint density at radius 2 is 2.21 bits per heavy atom. The van der Waals surface area contributed by atoms with Gasteiger partial charge in [-0.25, -0.2) is 4.79 Å². The van der Waals surface area contributed by atoms with Crippen molar-refractivity contribution < 1.29 is 14.8 Å². The molecule has 1 aromatic rings. The number of nitrogens with one attached hydrogen (secondary N) is 1. The van der Waals surface area contributed by atoms with E-state index in [1.54, 1.807) is 6.07 Å². The highest BCUT2D eigenvalue weighted by atomic mass is 79.9. The molecule has 0 fully saturated rings. The van der Waals surface area contributed by atoms with Crippen LogP contribution in [0.25, 0.3) is 0 Å². The number of nitrogens with zero attached hydrogens (tertiary/aromatic N) is 1. The number of anilines is 1. The van der Waals surface area contributed by atoms with Gasteiger partial charge in [-0.2, -0.15) is 0 Å². The Kier molecular flexibility index (Phi) is 4.88. The van der Waals surface area contributed by atoms with Crippen molar-refractivity contribution in [2.24, 2.45) is 0 Å². The molecule has 0 aliphatic carbocycles. The second-order valence-electron chi connectivity index (χ2n) is 4.43. The van der Waals surface area contributed by atoms with Gasteiger partial charge in [0.2, 0.25) is 0 Å². The number of carboxylic acids is 1. The first-order valence-corrected chi connectivity index (χ1v) is 6.55. The van der Waals surface area contributed by atoms with Crippen molar-refractivity contribution in [3.8, 4) is 0 Å². The third kappa shape index (κ3) is 3.66. The molecule has 0 saturated carbocycles. The normalized spacial score (nSPS) is 13.6. The van der Waals surface area contributed by atoms with Crippen molar-refractivity contribution in [1.82, 2.24) is 0 Å². The van der Waals surface area contributed by atoms with Gasteiger partial charge in [0, 0.05) is 10.5 Å². The summed E-state index contributed by atoms with van der Waals surface area (Å²) in [5.74, 6) is -1.04. The van der Waals surface area contributed by atoms with Gasteiger partial charge in [-0.15, -0.1) is 0 Å². The molecule has 0 heterocycles. The number of benzene rings is 1. The van der Waals surface area contributed by atoms with Crippen LogP contribution in [0, 0.1) is 10.1 Å². The molecule has 0 saturated heterocycles. The van der Waals surface area contributed by atoms with Gasteiger partial charge in [0.05, 0.1) is 4.92 Å². The van der Waals surface area contributed by atoms with Crippen molar-refractivity contribution in [3.05, 3.63) is 32.8 Å². The van der Waals surface area contributed by atoms with Gasteiger partial charge in [-0.1, -0.05) is 29.3 Å². The smallest absolute Gasteiger partial charge is 0.329 e. The minimum absolute atomic E-state index is 0.155. The van der Waals surface area contributed by atoms with Gasteiger partial charge in [0.25, 0.3) is 5.69 Å². The van der Waals surface area contributed by atoms with Crippen LogP contribution < -0.4 is 5.32 Å². The summed E-state index contributed by atoms with van der Waals surface area (Å²) < 4.78 is 0.567. The van der Waals surface area contributed by atoms with Crippen molar-refractivity contribution in [2.75, 3.05) is 5.32 Å². The first-order chi connectivity index (χ1) is 8.80. The van der Waals surface area contributed by atoms with Crippen LogP contribution in [0.1, 0.15) is 26.7 Å². The van der Waals surface area contributed by atoms with E-state index in [-0.39, 0.29) is 11.4 Å². The topological polar surface area (TPSA) is 92.5 Å². The quantitative estimate of drug-likeness (QED) is 0.615. The summed E-state index contributed by atoms with van der Waals surface area (Å²) in [5.41, 5.74) is -1.18. The largest absolute Gasteiger partial charge is 0.480 e. The number of carbonyl (C=O) groups is 1. The van der Waals surface area contributed by atoms with E-state index in [2.05, 4.69) is 21.2 Å². The maximum Gasteiger partial charge on any atom is 0.329 e. The number of aliphatic carboxylic acids is 1. The van der Waals surface area contributed by atoms with Gasteiger partial charge in [-0.3, -0.25) is 10.1 Å². The van der Waals surface area contributed by atoms with Crippen LogP contribution >= 0.6 is 15.9 Å². The molecule has 0 radical (unpaired) electrons. The molecule has 7 heteroatoms. The Balaban J connectivity index is 3.16. The second kappa shape index (κ2) is 6.01. The molecular weight excluding hydrogens is 316 g/mol. The second-order valence-corrected chi connectivity index (χ2v) is 5.35. The van der Waals surface area contributed by atoms with E-state index in [1.165, 1.54) is 19.1 Å². The number of hydrogen-bond acceptors (Lipinski definition) is 4. The zero-order chi connectivity index (χ0) is 14.6. The van der Waals surface area contributed by atoms with Gasteiger partial charge in [0.1, 0.15) is 11.2 Å². The predicted molar refractivity (Wildman–Crippen MR) is 75.4 cm³/mol. The summed E-state index contributed by atoms with van der Waals surface area (Å²) in [4.78, 5) is 21.8. The minimum atomic E-state index is -1.23. The molecule has 1 aromatic carbocycles. The van der Waals surface area contributed by atoms with E-state index in [0.717, 1.165) is 0 Å². The summed E-state index contributed by atoms with van der Waals surface area (Å²) in [5, 5.41) is 23.0. The van der Waals surface area contributed by atoms with Gasteiger partial charge < -0.3 is 10.4 Å². The van der Waals surface area contributed by atoms with Crippen molar-refractivity contribution >= 4 is 33.3 Å². The maximum atomic E-state index is 11.3. The minimum Gasteiger partial charge on any atom is -0.480 e. The fourth-order valence-electron chi connectivity index (χ4n) is 1.78. The monoisotopic (exact) mass is 330 g/mol. The number of halogens is 1. The molecule has 0 aliphatic rings. The summed E-state index contributed by atoms with van der Waals surface area (Å²) in [6, 6.07) is 4.47. The van der Waals surface area contributed by atoms with E-state index in [0.29, 0.717) is 17.3 Å². The predicted octanol–water partition coefficient (Wildman–Crippen LogP) is 3.41. The maximum absolute atomic E-state index is 11.3. The van der Waals surface area contributed by atoms with E-state index in [9.17, 15) is 20.0 Å². The van der Waals surface area contributed by atoms with E-state index >= 15 is 0 Å². The van der Waals surface area contributed by atoms with Crippen LogP contribution in [0.15, 0.2) is 22.7 Å². The first kappa shape index (κ1) is 15.4. The fraction of sp³-hybridized carbons (Fsp3) is 0.417. The van der Waals surface area contributed by atoms with E-state index < -0.39 is 16.4 Å². The molecule has 0 aromatic heterocycles. The number of rotatable bonds is 6. The van der Waals surface area contributed by atoms with Gasteiger partial charge >= 0.3 is 5.97 Å². The van der Waals surface area contributed by atoms with Crippen LogP contribution in [-0.4, -0.2) is 21.5 Å². The lowest BCUT2D eigenvalue weighted by Gasteiger charge is -2.26. The average molecular weight is 331 g/mol. The Morgan fingerprint density at radius 1 is 1.58 bits per heavy atom. The third-order valence-corrected chi connectivity index (χ3v) is 3.28. The molecular formula is C12H15BrN2O4. The van der Waals surface area contributed by atoms with Crippen molar-refractivity contribution in [1.29, 1.82) is 0 Å². The molecule has 0 spiro atoms. The number of nitro groups is 1. The van der Waals surface area contributed by atoms with Crippen LogP contribution in [0.4, 0.5) is 11.4 Å². The first-order valence-electron chi connectivity index (χ1n) is 5.75. The number of hydrogen-bond donors (Lipinski definition) is 2. The van der Waals surface area contributed by atoms with Crippen LogP contribution in [-0.2, 0) is 4.79 Å². The molecule has 0 amide bonds. The Morgan fingerprint density at radius 3 is 2.68 bits per heavy atom. The highest BCUT2D eigenvalue weighted by Crippen LogP contribution is 2.31. The summed E-state index contributed by atoms with van der Waals surface area (Å²) in [6.07, 6.45) is 1.02. The SMILES string of the molecule is CCCC(C)(Nc1ccc(Br)cc1[N+](=O)[O-])C(=O)O. The standard InChI is InChI=1S/C12H15BrN2O4/c1-3-6-12(2,11(16)17)14-9-5-4-8(13)7-10(9)15(18)19/h4-5,7,14H,3,6H2,1-2H3,(H,16,17). The molecule has 19 heavy (non-hydrogen) atoms. The lowest BCUT2D eigenvalue weighted by Crippen LogP contribution is -2.43. The van der Waals surface area contributed by atoms with Crippen molar-refractivity contribution in [3.63, 3.8) is 0 Å². The van der Waals surface area contributed by atoms with E-state index in [1.807, 2.05) is 6.92 Å². The molecule has 104 valence electrons. The number of carboxylic acid groups (broad SMARTS) is 1. The lowest BCUT2D eigenvalue weighted by atomic mass is 9.95. The van der Waals surface area contributed by atoms with Crippen LogP contribution in [0.2, 0.25) is 0 Å². The van der Waals surface area contributed by atoms with Gasteiger partial charge in [0.15, 0.2) is 0 Å². The molecule has 1 atom stereocenters.